The summed E-state index contributed by atoms with van der Waals surface area (Å²) in [5.41, 5.74) is 6.39. The summed E-state index contributed by atoms with van der Waals surface area (Å²) in [6.07, 6.45) is 3.96. The SMILES string of the molecule is COc1cnccc1C(=O)NCC(N)CC(C)C. The molecule has 5 heteroatoms. The predicted octanol–water partition coefficient (Wildman–Crippen LogP) is 1.19. The van der Waals surface area contributed by atoms with E-state index < -0.39 is 0 Å². The van der Waals surface area contributed by atoms with Crippen LogP contribution < -0.4 is 15.8 Å². The molecule has 1 amide bonds. The van der Waals surface area contributed by atoms with Gasteiger partial charge in [0.25, 0.3) is 5.91 Å². The predicted molar refractivity (Wildman–Crippen MR) is 70.6 cm³/mol. The lowest BCUT2D eigenvalue weighted by atomic mass is 10.0. The van der Waals surface area contributed by atoms with Gasteiger partial charge in [-0.1, -0.05) is 13.8 Å². The number of nitrogens with two attached hydrogens (primary N) is 1. The first-order valence-electron chi connectivity index (χ1n) is 6.06. The van der Waals surface area contributed by atoms with E-state index in [1.54, 1.807) is 12.3 Å². The van der Waals surface area contributed by atoms with Gasteiger partial charge >= 0.3 is 0 Å². The zero-order valence-electron chi connectivity index (χ0n) is 11.1. The van der Waals surface area contributed by atoms with Gasteiger partial charge in [0.2, 0.25) is 0 Å². The molecule has 0 saturated heterocycles. The molecule has 0 aromatic carbocycles. The Morgan fingerprint density at radius 1 is 1.56 bits per heavy atom. The number of carbonyl (C=O) groups is 1. The quantitative estimate of drug-likeness (QED) is 0.796. The fraction of sp³-hybridized carbons (Fsp3) is 0.538. The number of nitrogens with one attached hydrogen (secondary N) is 1. The molecule has 100 valence electrons. The minimum Gasteiger partial charge on any atom is -0.494 e. The Bertz CT molecular complexity index is 394. The molecule has 1 atom stereocenters. The van der Waals surface area contributed by atoms with Crippen LogP contribution in [0.5, 0.6) is 5.75 Å². The van der Waals surface area contributed by atoms with Crippen LogP contribution in [0.15, 0.2) is 18.5 Å². The van der Waals surface area contributed by atoms with Gasteiger partial charge in [0.05, 0.1) is 18.9 Å². The number of aromatic nitrogens is 1. The highest BCUT2D eigenvalue weighted by Gasteiger charge is 2.13. The third-order valence-corrected chi connectivity index (χ3v) is 2.55. The maximum absolute atomic E-state index is 11.9. The van der Waals surface area contributed by atoms with Crippen molar-refractivity contribution in [2.24, 2.45) is 11.7 Å². The van der Waals surface area contributed by atoms with Crippen molar-refractivity contribution in [3.05, 3.63) is 24.0 Å². The first-order chi connectivity index (χ1) is 8.54. The van der Waals surface area contributed by atoms with Crippen LogP contribution >= 0.6 is 0 Å². The Morgan fingerprint density at radius 3 is 2.89 bits per heavy atom. The van der Waals surface area contributed by atoms with Crippen LogP contribution in [0, 0.1) is 5.92 Å². The first kappa shape index (κ1) is 14.4. The molecule has 0 radical (unpaired) electrons. The second kappa shape index (κ2) is 6.96. The van der Waals surface area contributed by atoms with Crippen LogP contribution in [-0.2, 0) is 0 Å². The number of methoxy groups -OCH3 is 1. The zero-order chi connectivity index (χ0) is 13.5. The average Bonchev–Trinajstić information content (AvgIpc) is 2.35. The highest BCUT2D eigenvalue weighted by atomic mass is 16.5. The van der Waals surface area contributed by atoms with Gasteiger partial charge in [0, 0.05) is 18.8 Å². The van der Waals surface area contributed by atoms with Gasteiger partial charge in [-0.15, -0.1) is 0 Å². The molecule has 3 N–H and O–H groups in total. The number of amides is 1. The third kappa shape index (κ3) is 4.33. The van der Waals surface area contributed by atoms with Gasteiger partial charge in [-0.05, 0) is 18.4 Å². The number of rotatable bonds is 6. The minimum atomic E-state index is -0.187. The number of carbonyl (C=O) groups excluding carboxylic acids is 1. The number of ether oxygens (including phenoxy) is 1. The largest absolute Gasteiger partial charge is 0.494 e. The van der Waals surface area contributed by atoms with Crippen molar-refractivity contribution in [2.45, 2.75) is 26.3 Å². The molecule has 5 nitrogen and oxygen atoms in total. The standard InChI is InChI=1S/C13H21N3O2/c1-9(2)6-10(14)7-16-13(17)11-4-5-15-8-12(11)18-3/h4-5,8-10H,6-7,14H2,1-3H3,(H,16,17). The summed E-state index contributed by atoms with van der Waals surface area (Å²) in [6.45, 7) is 4.67. The summed E-state index contributed by atoms with van der Waals surface area (Å²) in [5.74, 6) is 0.799. The summed E-state index contributed by atoms with van der Waals surface area (Å²) >= 11 is 0. The molecule has 1 aromatic rings. The van der Waals surface area contributed by atoms with E-state index >= 15 is 0 Å². The minimum absolute atomic E-state index is 0.0261. The van der Waals surface area contributed by atoms with Crippen molar-refractivity contribution in [1.29, 1.82) is 0 Å². The molecule has 1 unspecified atom stereocenters. The highest BCUT2D eigenvalue weighted by Crippen LogP contribution is 2.15. The molecule has 1 aromatic heterocycles. The molecular formula is C13H21N3O2. The molecule has 0 aliphatic carbocycles. The molecule has 1 rings (SSSR count). The Labute approximate surface area is 108 Å². The molecule has 18 heavy (non-hydrogen) atoms. The van der Waals surface area contributed by atoms with Crippen LogP contribution in [0.3, 0.4) is 0 Å². The first-order valence-corrected chi connectivity index (χ1v) is 6.06. The van der Waals surface area contributed by atoms with Gasteiger partial charge in [-0.2, -0.15) is 0 Å². The van der Waals surface area contributed by atoms with Crippen LogP contribution in [0.2, 0.25) is 0 Å². The molecule has 0 aliphatic rings. The number of nitrogens with zero attached hydrogens (tertiary/aromatic N) is 1. The molecule has 0 fully saturated rings. The molecular weight excluding hydrogens is 230 g/mol. The van der Waals surface area contributed by atoms with Crippen molar-refractivity contribution in [3.8, 4) is 5.75 Å². The molecule has 0 saturated carbocycles. The van der Waals surface area contributed by atoms with Crippen molar-refractivity contribution in [1.82, 2.24) is 10.3 Å². The smallest absolute Gasteiger partial charge is 0.255 e. The van der Waals surface area contributed by atoms with Crippen molar-refractivity contribution < 1.29 is 9.53 Å². The van der Waals surface area contributed by atoms with Crippen LogP contribution in [0.1, 0.15) is 30.6 Å². The normalized spacial score (nSPS) is 12.3. The van der Waals surface area contributed by atoms with Gasteiger partial charge in [-0.3, -0.25) is 9.78 Å². The summed E-state index contributed by atoms with van der Waals surface area (Å²) in [5, 5.41) is 2.81. The monoisotopic (exact) mass is 251 g/mol. The van der Waals surface area contributed by atoms with Crippen molar-refractivity contribution in [2.75, 3.05) is 13.7 Å². The summed E-state index contributed by atoms with van der Waals surface area (Å²) in [7, 11) is 1.51. The molecule has 0 bridgehead atoms. The Morgan fingerprint density at radius 2 is 2.28 bits per heavy atom. The average molecular weight is 251 g/mol. The third-order valence-electron chi connectivity index (χ3n) is 2.55. The van der Waals surface area contributed by atoms with Gasteiger partial charge in [0.1, 0.15) is 5.75 Å². The van der Waals surface area contributed by atoms with Gasteiger partial charge < -0.3 is 15.8 Å². The lowest BCUT2D eigenvalue weighted by Crippen LogP contribution is -2.38. The number of hydrogen-bond donors (Lipinski definition) is 2. The van der Waals surface area contributed by atoms with Crippen LogP contribution in [-0.4, -0.2) is 30.6 Å². The molecule has 0 spiro atoms. The Balaban J connectivity index is 2.55. The van der Waals surface area contributed by atoms with E-state index in [9.17, 15) is 4.79 Å². The highest BCUT2D eigenvalue weighted by molar-refractivity contribution is 5.96. The van der Waals surface area contributed by atoms with E-state index in [-0.39, 0.29) is 11.9 Å². The Hall–Kier alpha value is -1.62. The number of pyridine rings is 1. The fourth-order valence-corrected chi connectivity index (χ4v) is 1.74. The fourth-order valence-electron chi connectivity index (χ4n) is 1.74. The lowest BCUT2D eigenvalue weighted by Gasteiger charge is -2.15. The van der Waals surface area contributed by atoms with Crippen LogP contribution in [0.25, 0.3) is 0 Å². The number of hydrogen-bond acceptors (Lipinski definition) is 4. The summed E-state index contributed by atoms with van der Waals surface area (Å²) < 4.78 is 5.08. The van der Waals surface area contributed by atoms with E-state index in [2.05, 4.69) is 24.1 Å². The van der Waals surface area contributed by atoms with E-state index in [0.717, 1.165) is 6.42 Å². The van der Waals surface area contributed by atoms with Crippen molar-refractivity contribution in [3.63, 3.8) is 0 Å². The van der Waals surface area contributed by atoms with E-state index in [1.165, 1.54) is 13.3 Å². The van der Waals surface area contributed by atoms with E-state index in [0.29, 0.717) is 23.8 Å². The van der Waals surface area contributed by atoms with Crippen LogP contribution in [0.4, 0.5) is 0 Å². The molecule has 1 heterocycles. The van der Waals surface area contributed by atoms with Gasteiger partial charge in [-0.25, -0.2) is 0 Å². The summed E-state index contributed by atoms with van der Waals surface area (Å²) in [4.78, 5) is 15.8. The second-order valence-corrected chi connectivity index (χ2v) is 4.68. The maximum Gasteiger partial charge on any atom is 0.255 e. The summed E-state index contributed by atoms with van der Waals surface area (Å²) in [6, 6.07) is 1.60. The second-order valence-electron chi connectivity index (χ2n) is 4.68. The zero-order valence-corrected chi connectivity index (χ0v) is 11.1. The Kier molecular flexibility index (Phi) is 5.58. The lowest BCUT2D eigenvalue weighted by molar-refractivity contribution is 0.0947. The van der Waals surface area contributed by atoms with E-state index in [4.69, 9.17) is 10.5 Å². The van der Waals surface area contributed by atoms with Crippen molar-refractivity contribution >= 4 is 5.91 Å². The van der Waals surface area contributed by atoms with E-state index in [1.807, 2.05) is 0 Å². The van der Waals surface area contributed by atoms with Gasteiger partial charge in [0.15, 0.2) is 0 Å². The molecule has 0 aliphatic heterocycles. The maximum atomic E-state index is 11.9. The topological polar surface area (TPSA) is 77.2 Å².